The van der Waals surface area contributed by atoms with Crippen molar-refractivity contribution in [3.05, 3.63) is 47.4 Å². The van der Waals surface area contributed by atoms with Gasteiger partial charge in [0, 0.05) is 11.8 Å². The summed E-state index contributed by atoms with van der Waals surface area (Å²) < 4.78 is 38.9. The fourth-order valence-electron chi connectivity index (χ4n) is 1.53. The second-order valence-electron chi connectivity index (χ2n) is 3.70. The van der Waals surface area contributed by atoms with E-state index in [1.807, 2.05) is 0 Å². The maximum atomic E-state index is 13.1. The van der Waals surface area contributed by atoms with Crippen molar-refractivity contribution < 1.29 is 13.2 Å². The van der Waals surface area contributed by atoms with Gasteiger partial charge in [0.1, 0.15) is 0 Å². The molecular weight excluding hydrogens is 229 g/mol. The molecule has 1 aromatic heterocycles. The van der Waals surface area contributed by atoms with Gasteiger partial charge in [0.25, 0.3) is 0 Å². The van der Waals surface area contributed by atoms with Crippen LogP contribution >= 0.6 is 0 Å². The van der Waals surface area contributed by atoms with E-state index >= 15 is 0 Å². The molecule has 0 spiro atoms. The maximum absolute atomic E-state index is 13.1. The second-order valence-corrected chi connectivity index (χ2v) is 3.70. The number of benzene rings is 1. The summed E-state index contributed by atoms with van der Waals surface area (Å²) in [6.07, 6.45) is 1.52. The molecule has 1 heterocycles. The zero-order chi connectivity index (χ0) is 12.6. The highest BCUT2D eigenvalue weighted by Gasteiger charge is 2.13. The molecule has 0 amide bonds. The number of nitrogens with two attached hydrogens (primary N) is 1. The molecule has 0 aliphatic rings. The monoisotopic (exact) mass is 238 g/mol. The van der Waals surface area contributed by atoms with Crippen molar-refractivity contribution in [1.82, 2.24) is 4.98 Å². The lowest BCUT2D eigenvalue weighted by Crippen LogP contribution is -1.97. The number of rotatable bonds is 1. The van der Waals surface area contributed by atoms with Gasteiger partial charge in [-0.15, -0.1) is 0 Å². The largest absolute Gasteiger partial charge is 0.397 e. The van der Waals surface area contributed by atoms with Crippen LogP contribution in [0.25, 0.3) is 11.3 Å². The molecule has 2 nitrogen and oxygen atoms in total. The number of nitrogens with zero attached hydrogens (tertiary/aromatic N) is 1. The molecule has 88 valence electrons. The molecule has 2 rings (SSSR count). The Bertz CT molecular complexity index is 559. The van der Waals surface area contributed by atoms with Crippen LogP contribution in [0.15, 0.2) is 24.4 Å². The Morgan fingerprint density at radius 2 is 1.65 bits per heavy atom. The van der Waals surface area contributed by atoms with E-state index in [4.69, 9.17) is 5.73 Å². The van der Waals surface area contributed by atoms with Crippen LogP contribution in [-0.2, 0) is 0 Å². The predicted molar refractivity (Wildman–Crippen MR) is 58.7 cm³/mol. The van der Waals surface area contributed by atoms with Crippen LogP contribution in [0.1, 0.15) is 5.56 Å². The third kappa shape index (κ3) is 2.08. The Labute approximate surface area is 95.9 Å². The van der Waals surface area contributed by atoms with E-state index in [-0.39, 0.29) is 16.9 Å². The smallest absolute Gasteiger partial charge is 0.194 e. The van der Waals surface area contributed by atoms with Crippen LogP contribution in [0, 0.1) is 24.4 Å². The number of nitrogen functional groups attached to an aromatic ring is 1. The molecule has 0 radical (unpaired) electrons. The fourth-order valence-corrected chi connectivity index (χ4v) is 1.53. The number of anilines is 1. The molecule has 0 atom stereocenters. The van der Waals surface area contributed by atoms with Gasteiger partial charge in [-0.2, -0.15) is 0 Å². The minimum absolute atomic E-state index is 0.110. The van der Waals surface area contributed by atoms with Crippen LogP contribution in [0.4, 0.5) is 18.9 Å². The minimum Gasteiger partial charge on any atom is -0.397 e. The van der Waals surface area contributed by atoms with Gasteiger partial charge in [0.2, 0.25) is 0 Å². The van der Waals surface area contributed by atoms with Crippen molar-refractivity contribution in [1.29, 1.82) is 0 Å². The van der Waals surface area contributed by atoms with Crippen LogP contribution in [-0.4, -0.2) is 4.98 Å². The number of hydrogen-bond donors (Lipinski definition) is 1. The summed E-state index contributed by atoms with van der Waals surface area (Å²) in [6.45, 7) is 1.79. The number of aryl methyl sites for hydroxylation is 1. The van der Waals surface area contributed by atoms with E-state index in [0.29, 0.717) is 0 Å². The second kappa shape index (κ2) is 4.08. The first kappa shape index (κ1) is 11.4. The van der Waals surface area contributed by atoms with Gasteiger partial charge >= 0.3 is 0 Å². The SMILES string of the molecule is Cc1cnc(-c2cc(F)c(F)c(F)c2)c(N)c1. The standard InChI is InChI=1S/C12H9F3N2/c1-6-2-10(16)12(17-5-6)7-3-8(13)11(15)9(14)4-7/h2-5H,16H2,1H3. The molecule has 0 fully saturated rings. The van der Waals surface area contributed by atoms with Crippen molar-refractivity contribution in [3.63, 3.8) is 0 Å². The lowest BCUT2D eigenvalue weighted by Gasteiger charge is -2.06. The minimum atomic E-state index is -1.50. The number of aromatic nitrogens is 1. The first-order valence-electron chi connectivity index (χ1n) is 4.86. The molecule has 0 saturated carbocycles. The van der Waals surface area contributed by atoms with Crippen molar-refractivity contribution >= 4 is 5.69 Å². The fraction of sp³-hybridized carbons (Fsp3) is 0.0833. The highest BCUT2D eigenvalue weighted by molar-refractivity contribution is 5.72. The van der Waals surface area contributed by atoms with Crippen LogP contribution in [0.5, 0.6) is 0 Å². The average molecular weight is 238 g/mol. The molecule has 0 aliphatic carbocycles. The Hall–Kier alpha value is -2.04. The van der Waals surface area contributed by atoms with Crippen molar-refractivity contribution in [2.45, 2.75) is 6.92 Å². The molecule has 2 N–H and O–H groups in total. The summed E-state index contributed by atoms with van der Waals surface area (Å²) in [5, 5.41) is 0. The van der Waals surface area contributed by atoms with Gasteiger partial charge in [0.05, 0.1) is 11.4 Å². The molecular formula is C12H9F3N2. The zero-order valence-electron chi connectivity index (χ0n) is 8.97. The van der Waals surface area contributed by atoms with Crippen LogP contribution in [0.3, 0.4) is 0 Å². The third-order valence-electron chi connectivity index (χ3n) is 2.31. The van der Waals surface area contributed by atoms with E-state index in [2.05, 4.69) is 4.98 Å². The predicted octanol–water partition coefficient (Wildman–Crippen LogP) is 3.06. The number of halogens is 3. The van der Waals surface area contributed by atoms with E-state index < -0.39 is 17.5 Å². The Kier molecular flexibility index (Phi) is 2.75. The third-order valence-corrected chi connectivity index (χ3v) is 2.31. The lowest BCUT2D eigenvalue weighted by atomic mass is 10.1. The van der Waals surface area contributed by atoms with Crippen molar-refractivity contribution in [2.75, 3.05) is 5.73 Å². The van der Waals surface area contributed by atoms with Gasteiger partial charge in [-0.1, -0.05) is 0 Å². The maximum Gasteiger partial charge on any atom is 0.194 e. The quantitative estimate of drug-likeness (QED) is 0.775. The summed E-state index contributed by atoms with van der Waals surface area (Å²) in [4.78, 5) is 3.98. The topological polar surface area (TPSA) is 38.9 Å². The summed E-state index contributed by atoms with van der Waals surface area (Å²) in [6, 6.07) is 3.36. The van der Waals surface area contributed by atoms with Gasteiger partial charge in [-0.25, -0.2) is 13.2 Å². The number of hydrogen-bond acceptors (Lipinski definition) is 2. The molecule has 5 heteroatoms. The van der Waals surface area contributed by atoms with Gasteiger partial charge < -0.3 is 5.73 Å². The van der Waals surface area contributed by atoms with E-state index in [1.165, 1.54) is 6.20 Å². The van der Waals surface area contributed by atoms with E-state index in [1.54, 1.807) is 13.0 Å². The van der Waals surface area contributed by atoms with E-state index in [9.17, 15) is 13.2 Å². The van der Waals surface area contributed by atoms with Gasteiger partial charge in [-0.05, 0) is 30.7 Å². The summed E-state index contributed by atoms with van der Waals surface area (Å²) in [5.74, 6) is -4.03. The molecule has 0 aliphatic heterocycles. The summed E-state index contributed by atoms with van der Waals surface area (Å²) >= 11 is 0. The molecule has 0 bridgehead atoms. The van der Waals surface area contributed by atoms with Crippen molar-refractivity contribution in [3.8, 4) is 11.3 Å². The molecule has 1 aromatic carbocycles. The Morgan fingerprint density at radius 3 is 2.18 bits per heavy atom. The molecule has 17 heavy (non-hydrogen) atoms. The van der Waals surface area contributed by atoms with Crippen LogP contribution < -0.4 is 5.73 Å². The van der Waals surface area contributed by atoms with Crippen molar-refractivity contribution in [2.24, 2.45) is 0 Å². The average Bonchev–Trinajstić information content (AvgIpc) is 2.25. The van der Waals surface area contributed by atoms with Gasteiger partial charge in [-0.3, -0.25) is 4.98 Å². The van der Waals surface area contributed by atoms with Crippen LogP contribution in [0.2, 0.25) is 0 Å². The molecule has 0 unspecified atom stereocenters. The highest BCUT2D eigenvalue weighted by Crippen LogP contribution is 2.26. The molecule has 2 aromatic rings. The molecule has 0 saturated heterocycles. The van der Waals surface area contributed by atoms with Gasteiger partial charge in [0.15, 0.2) is 17.5 Å². The van der Waals surface area contributed by atoms with E-state index in [0.717, 1.165) is 17.7 Å². The first-order chi connectivity index (χ1) is 7.99. The Morgan fingerprint density at radius 1 is 1.06 bits per heavy atom. The first-order valence-corrected chi connectivity index (χ1v) is 4.86. The highest BCUT2D eigenvalue weighted by atomic mass is 19.2. The lowest BCUT2D eigenvalue weighted by molar-refractivity contribution is 0.447. The number of pyridine rings is 1. The summed E-state index contributed by atoms with van der Waals surface area (Å²) in [7, 11) is 0. The normalized spacial score (nSPS) is 10.6. The zero-order valence-corrected chi connectivity index (χ0v) is 8.97. The summed E-state index contributed by atoms with van der Waals surface area (Å²) in [5.41, 5.74) is 7.15. The Balaban J connectivity index is 2.61.